The Kier molecular flexibility index (Phi) is 5.39. The second-order valence-corrected chi connectivity index (χ2v) is 10.8. The molecular formula is C26H26BrN7O2. The molecule has 3 aromatic heterocycles. The second-order valence-electron chi connectivity index (χ2n) is 10.1. The number of likely N-dealkylation sites (tertiary alicyclic amines) is 1. The van der Waals surface area contributed by atoms with Crippen LogP contribution in [0.15, 0.2) is 47.3 Å². The Morgan fingerprint density at radius 2 is 1.94 bits per heavy atom. The van der Waals surface area contributed by atoms with Crippen LogP contribution in [0.5, 0.6) is 0 Å². The highest BCUT2D eigenvalue weighted by molar-refractivity contribution is 9.10. The number of hydrogen-bond donors (Lipinski definition) is 1. The van der Waals surface area contributed by atoms with E-state index < -0.39 is 0 Å². The van der Waals surface area contributed by atoms with Crippen molar-refractivity contribution in [3.8, 4) is 5.69 Å². The van der Waals surface area contributed by atoms with E-state index in [-0.39, 0.29) is 30.1 Å². The van der Waals surface area contributed by atoms with Gasteiger partial charge in [0.15, 0.2) is 5.65 Å². The molecule has 2 bridgehead atoms. The fraction of sp³-hybridized carbons (Fsp3) is 0.423. The van der Waals surface area contributed by atoms with Crippen LogP contribution >= 0.6 is 15.9 Å². The lowest BCUT2D eigenvalue weighted by atomic mass is 10.1. The predicted molar refractivity (Wildman–Crippen MR) is 139 cm³/mol. The number of morpholine rings is 1. The molecule has 2 aliphatic heterocycles. The summed E-state index contributed by atoms with van der Waals surface area (Å²) in [7, 11) is 0. The molecule has 7 rings (SSSR count). The number of fused-ring (bicyclic) bond motifs is 4. The van der Waals surface area contributed by atoms with Gasteiger partial charge in [-0.15, -0.1) is 0 Å². The smallest absolute Gasteiger partial charge is 0.225 e. The highest BCUT2D eigenvalue weighted by Crippen LogP contribution is 2.33. The number of carbonyl (C=O) groups is 1. The van der Waals surface area contributed by atoms with E-state index in [4.69, 9.17) is 9.72 Å². The summed E-state index contributed by atoms with van der Waals surface area (Å²) in [6.07, 6.45) is 8.81. The normalized spacial score (nSPS) is 25.6. The molecule has 184 valence electrons. The Bertz CT molecular complexity index is 1460. The van der Waals surface area contributed by atoms with Gasteiger partial charge in [-0.05, 0) is 72.3 Å². The Hall–Kier alpha value is -3.11. The van der Waals surface area contributed by atoms with Crippen molar-refractivity contribution in [1.82, 2.24) is 29.6 Å². The lowest BCUT2D eigenvalue weighted by molar-refractivity contribution is -0.144. The van der Waals surface area contributed by atoms with Crippen LogP contribution in [-0.4, -0.2) is 66.9 Å². The van der Waals surface area contributed by atoms with Gasteiger partial charge < -0.3 is 15.0 Å². The first-order valence-electron chi connectivity index (χ1n) is 12.6. The molecular weight excluding hydrogens is 522 g/mol. The maximum absolute atomic E-state index is 13.2. The summed E-state index contributed by atoms with van der Waals surface area (Å²) in [6.45, 7) is 1.49. The van der Waals surface area contributed by atoms with E-state index in [0.29, 0.717) is 10.6 Å². The van der Waals surface area contributed by atoms with Gasteiger partial charge >= 0.3 is 0 Å². The van der Waals surface area contributed by atoms with E-state index in [2.05, 4.69) is 42.4 Å². The number of benzene rings is 1. The second kappa shape index (κ2) is 8.77. The summed E-state index contributed by atoms with van der Waals surface area (Å²) >= 11 is 3.56. The quantitative estimate of drug-likeness (QED) is 0.410. The topological polar surface area (TPSA) is 98.1 Å². The van der Waals surface area contributed by atoms with Gasteiger partial charge in [0.05, 0.1) is 28.8 Å². The highest BCUT2D eigenvalue weighted by atomic mass is 79.9. The average molecular weight is 548 g/mol. The summed E-state index contributed by atoms with van der Waals surface area (Å²) in [4.78, 5) is 29.0. The van der Waals surface area contributed by atoms with Crippen LogP contribution in [0.25, 0.3) is 27.6 Å². The van der Waals surface area contributed by atoms with Crippen molar-refractivity contribution in [1.29, 1.82) is 0 Å². The minimum Gasteiger partial charge on any atom is -0.371 e. The number of aromatic nitrogens is 5. The molecule has 5 heterocycles. The molecule has 0 radical (unpaired) electrons. The summed E-state index contributed by atoms with van der Waals surface area (Å²) in [6, 6.07) is 10.2. The SMILES string of the molecule is O=C([C@@H]1CC[C@@H](Nc2ncc3c(Br)nn(-c4ccc5ncccc5c4)c3n2)C1)N1CC2CCC(C1)O2. The Morgan fingerprint density at radius 1 is 1.08 bits per heavy atom. The van der Waals surface area contributed by atoms with Gasteiger partial charge in [-0.25, -0.2) is 9.67 Å². The van der Waals surface area contributed by atoms with Crippen molar-refractivity contribution >= 4 is 49.7 Å². The summed E-state index contributed by atoms with van der Waals surface area (Å²) in [5.74, 6) is 0.888. The van der Waals surface area contributed by atoms with Gasteiger partial charge in [-0.2, -0.15) is 10.1 Å². The van der Waals surface area contributed by atoms with Crippen molar-refractivity contribution in [2.24, 2.45) is 5.92 Å². The van der Waals surface area contributed by atoms with Crippen molar-refractivity contribution in [3.63, 3.8) is 0 Å². The molecule has 1 N–H and O–H groups in total. The van der Waals surface area contributed by atoms with Crippen molar-refractivity contribution in [2.75, 3.05) is 18.4 Å². The van der Waals surface area contributed by atoms with Crippen molar-refractivity contribution < 1.29 is 9.53 Å². The largest absolute Gasteiger partial charge is 0.371 e. The predicted octanol–water partition coefficient (Wildman–Crippen LogP) is 4.10. The van der Waals surface area contributed by atoms with E-state index in [9.17, 15) is 4.79 Å². The lowest BCUT2D eigenvalue weighted by Crippen LogP contribution is -2.47. The van der Waals surface area contributed by atoms with E-state index in [1.54, 1.807) is 12.4 Å². The number of anilines is 1. The monoisotopic (exact) mass is 547 g/mol. The van der Waals surface area contributed by atoms with Gasteiger partial charge in [-0.3, -0.25) is 9.78 Å². The fourth-order valence-corrected chi connectivity index (χ4v) is 6.32. The van der Waals surface area contributed by atoms with Gasteiger partial charge in [-0.1, -0.05) is 6.07 Å². The van der Waals surface area contributed by atoms with E-state index >= 15 is 0 Å². The Balaban J connectivity index is 1.10. The summed E-state index contributed by atoms with van der Waals surface area (Å²) in [5.41, 5.74) is 2.56. The number of carbonyl (C=O) groups excluding carboxylic acids is 1. The number of amides is 1. The molecule has 36 heavy (non-hydrogen) atoms. The highest BCUT2D eigenvalue weighted by Gasteiger charge is 2.39. The summed E-state index contributed by atoms with van der Waals surface area (Å²) < 4.78 is 8.43. The van der Waals surface area contributed by atoms with Crippen molar-refractivity contribution in [2.45, 2.75) is 50.4 Å². The Labute approximate surface area is 216 Å². The van der Waals surface area contributed by atoms with Crippen molar-refractivity contribution in [3.05, 3.63) is 47.3 Å². The molecule has 9 nitrogen and oxygen atoms in total. The fourth-order valence-electron chi connectivity index (χ4n) is 5.89. The van der Waals surface area contributed by atoms with Gasteiger partial charge in [0.25, 0.3) is 0 Å². The first kappa shape index (κ1) is 22.1. The van der Waals surface area contributed by atoms with E-state index in [1.165, 1.54) is 0 Å². The third-order valence-electron chi connectivity index (χ3n) is 7.68. The number of nitrogens with zero attached hydrogens (tertiary/aromatic N) is 6. The minimum absolute atomic E-state index is 0.0506. The number of nitrogens with one attached hydrogen (secondary N) is 1. The van der Waals surface area contributed by atoms with Crippen LogP contribution in [0, 0.1) is 5.92 Å². The van der Waals surface area contributed by atoms with Crippen LogP contribution < -0.4 is 5.32 Å². The van der Waals surface area contributed by atoms with Gasteiger partial charge in [0.2, 0.25) is 11.9 Å². The zero-order chi connectivity index (χ0) is 24.2. The lowest BCUT2D eigenvalue weighted by Gasteiger charge is -2.33. The zero-order valence-corrected chi connectivity index (χ0v) is 21.3. The molecule has 4 aromatic rings. The van der Waals surface area contributed by atoms with Gasteiger partial charge in [0, 0.05) is 42.8 Å². The standard InChI is InChI=1S/C26H26BrN7O2/c27-23-21-12-29-26(31-24(21)34(32-23)18-5-8-22-15(11-18)2-1-9-28-22)30-17-4-3-16(10-17)25(35)33-13-19-6-7-20(14-33)36-19/h1-2,5,8-9,11-12,16-17,19-20H,3-4,6-7,10,13-14H2,(H,29,30,31)/t16-,17-,19?,20?/m1/s1. The molecule has 0 spiro atoms. The first-order chi connectivity index (χ1) is 17.6. The van der Waals surface area contributed by atoms with Crippen LogP contribution in [0.2, 0.25) is 0 Å². The van der Waals surface area contributed by atoms with E-state index in [1.807, 2.05) is 33.8 Å². The molecule has 1 amide bonds. The number of hydrogen-bond acceptors (Lipinski definition) is 7. The maximum atomic E-state index is 13.2. The van der Waals surface area contributed by atoms with Crippen LogP contribution in [0.4, 0.5) is 5.95 Å². The third kappa shape index (κ3) is 3.92. The maximum Gasteiger partial charge on any atom is 0.225 e. The van der Waals surface area contributed by atoms with E-state index in [0.717, 1.165) is 72.8 Å². The number of halogens is 1. The molecule has 1 aromatic carbocycles. The molecule has 3 aliphatic rings. The van der Waals surface area contributed by atoms with Crippen LogP contribution in [0.3, 0.4) is 0 Å². The molecule has 3 fully saturated rings. The van der Waals surface area contributed by atoms with Gasteiger partial charge in [0.1, 0.15) is 4.60 Å². The van der Waals surface area contributed by atoms with Crippen LogP contribution in [0.1, 0.15) is 32.1 Å². The first-order valence-corrected chi connectivity index (χ1v) is 13.4. The molecule has 4 atom stereocenters. The summed E-state index contributed by atoms with van der Waals surface area (Å²) in [5, 5.41) is 10.0. The molecule has 2 saturated heterocycles. The Morgan fingerprint density at radius 3 is 2.81 bits per heavy atom. The molecule has 2 unspecified atom stereocenters. The zero-order valence-electron chi connectivity index (χ0n) is 19.7. The third-order valence-corrected chi connectivity index (χ3v) is 8.27. The average Bonchev–Trinajstić information content (AvgIpc) is 3.60. The molecule has 1 aliphatic carbocycles. The number of ether oxygens (including phenoxy) is 1. The molecule has 1 saturated carbocycles. The van der Waals surface area contributed by atoms with Crippen LogP contribution in [-0.2, 0) is 9.53 Å². The number of pyridine rings is 1. The minimum atomic E-state index is 0.0506. The number of rotatable bonds is 4. The molecule has 10 heteroatoms.